The molecular formula is C13H26N2O2. The SMILES string of the molecule is CCOCCCN1C(=O)C(C(C)C)NC1CC. The average Bonchev–Trinajstić information content (AvgIpc) is 2.62. The summed E-state index contributed by atoms with van der Waals surface area (Å²) in [6, 6.07) is -0.00737. The van der Waals surface area contributed by atoms with E-state index in [-0.39, 0.29) is 18.1 Å². The van der Waals surface area contributed by atoms with Crippen LogP contribution in [0.4, 0.5) is 0 Å². The molecule has 4 nitrogen and oxygen atoms in total. The van der Waals surface area contributed by atoms with Gasteiger partial charge in [0.2, 0.25) is 5.91 Å². The molecule has 0 radical (unpaired) electrons. The van der Waals surface area contributed by atoms with E-state index < -0.39 is 0 Å². The molecule has 0 aromatic heterocycles. The summed E-state index contributed by atoms with van der Waals surface area (Å²) >= 11 is 0. The van der Waals surface area contributed by atoms with Crippen LogP contribution in [0.3, 0.4) is 0 Å². The highest BCUT2D eigenvalue weighted by Crippen LogP contribution is 2.18. The number of carbonyl (C=O) groups excluding carboxylic acids is 1. The Hall–Kier alpha value is -0.610. The minimum absolute atomic E-state index is 0.00737. The summed E-state index contributed by atoms with van der Waals surface area (Å²) in [6.07, 6.45) is 2.09. The molecule has 0 aliphatic carbocycles. The molecule has 0 saturated carbocycles. The zero-order valence-electron chi connectivity index (χ0n) is 11.5. The maximum atomic E-state index is 12.2. The van der Waals surface area contributed by atoms with Crippen LogP contribution in [-0.2, 0) is 9.53 Å². The van der Waals surface area contributed by atoms with Crippen LogP contribution in [0.2, 0.25) is 0 Å². The average molecular weight is 242 g/mol. The predicted molar refractivity (Wildman–Crippen MR) is 68.7 cm³/mol. The molecule has 1 amide bonds. The van der Waals surface area contributed by atoms with Crippen LogP contribution in [0.15, 0.2) is 0 Å². The molecule has 1 fully saturated rings. The molecule has 1 rings (SSSR count). The van der Waals surface area contributed by atoms with E-state index in [0.717, 1.165) is 32.6 Å². The molecule has 1 N–H and O–H groups in total. The molecule has 0 spiro atoms. The van der Waals surface area contributed by atoms with Crippen molar-refractivity contribution in [2.24, 2.45) is 5.92 Å². The fraction of sp³-hybridized carbons (Fsp3) is 0.923. The van der Waals surface area contributed by atoms with Gasteiger partial charge in [-0.2, -0.15) is 0 Å². The van der Waals surface area contributed by atoms with Gasteiger partial charge in [-0.25, -0.2) is 0 Å². The molecule has 0 aromatic rings. The van der Waals surface area contributed by atoms with E-state index in [1.807, 2.05) is 11.8 Å². The molecule has 4 heteroatoms. The highest BCUT2D eigenvalue weighted by Gasteiger charge is 2.38. The van der Waals surface area contributed by atoms with Crippen molar-refractivity contribution in [3.63, 3.8) is 0 Å². The van der Waals surface area contributed by atoms with E-state index in [4.69, 9.17) is 4.74 Å². The van der Waals surface area contributed by atoms with Crippen LogP contribution in [0, 0.1) is 5.92 Å². The van der Waals surface area contributed by atoms with Crippen molar-refractivity contribution in [1.82, 2.24) is 10.2 Å². The number of carbonyl (C=O) groups is 1. The Labute approximate surface area is 105 Å². The third-order valence-electron chi connectivity index (χ3n) is 3.24. The van der Waals surface area contributed by atoms with Gasteiger partial charge in [-0.3, -0.25) is 10.1 Å². The second-order valence-electron chi connectivity index (χ2n) is 4.89. The minimum Gasteiger partial charge on any atom is -0.382 e. The van der Waals surface area contributed by atoms with Crippen LogP contribution in [0.5, 0.6) is 0 Å². The Bertz CT molecular complexity index is 244. The van der Waals surface area contributed by atoms with Gasteiger partial charge in [-0.1, -0.05) is 20.8 Å². The van der Waals surface area contributed by atoms with Gasteiger partial charge in [-0.05, 0) is 25.7 Å². The largest absolute Gasteiger partial charge is 0.382 e. The topological polar surface area (TPSA) is 41.6 Å². The first-order valence-electron chi connectivity index (χ1n) is 6.76. The number of nitrogens with zero attached hydrogens (tertiary/aromatic N) is 1. The van der Waals surface area contributed by atoms with Crippen LogP contribution in [-0.4, -0.2) is 42.8 Å². The zero-order chi connectivity index (χ0) is 12.8. The summed E-state index contributed by atoms with van der Waals surface area (Å²) < 4.78 is 5.31. The minimum atomic E-state index is -0.00737. The number of nitrogens with one attached hydrogen (secondary N) is 1. The zero-order valence-corrected chi connectivity index (χ0v) is 11.5. The van der Waals surface area contributed by atoms with Gasteiger partial charge in [0.15, 0.2) is 0 Å². The first-order valence-corrected chi connectivity index (χ1v) is 6.76. The lowest BCUT2D eigenvalue weighted by atomic mass is 10.1. The number of hydrogen-bond acceptors (Lipinski definition) is 3. The Morgan fingerprint density at radius 1 is 1.41 bits per heavy atom. The Balaban J connectivity index is 2.47. The molecule has 1 aliphatic rings. The van der Waals surface area contributed by atoms with Crippen LogP contribution < -0.4 is 5.32 Å². The van der Waals surface area contributed by atoms with Crippen LogP contribution >= 0.6 is 0 Å². The predicted octanol–water partition coefficient (Wildman–Crippen LogP) is 1.61. The summed E-state index contributed by atoms with van der Waals surface area (Å²) in [5.74, 6) is 0.608. The van der Waals surface area contributed by atoms with E-state index in [1.54, 1.807) is 0 Å². The molecule has 1 aliphatic heterocycles. The van der Waals surface area contributed by atoms with Gasteiger partial charge in [0.1, 0.15) is 0 Å². The van der Waals surface area contributed by atoms with E-state index in [0.29, 0.717) is 5.92 Å². The van der Waals surface area contributed by atoms with Gasteiger partial charge in [0.05, 0.1) is 12.2 Å². The molecule has 2 unspecified atom stereocenters. The number of ether oxygens (including phenoxy) is 1. The van der Waals surface area contributed by atoms with Crippen molar-refractivity contribution in [3.05, 3.63) is 0 Å². The molecule has 17 heavy (non-hydrogen) atoms. The molecule has 2 atom stereocenters. The fourth-order valence-corrected chi connectivity index (χ4v) is 2.26. The maximum Gasteiger partial charge on any atom is 0.241 e. The standard InChI is InChI=1S/C13H26N2O2/c1-5-11-14-12(10(3)4)13(16)15(11)8-7-9-17-6-2/h10-12,14H,5-9H2,1-4H3. The van der Waals surface area contributed by atoms with Gasteiger partial charge in [-0.15, -0.1) is 0 Å². The number of hydrogen-bond donors (Lipinski definition) is 1. The van der Waals surface area contributed by atoms with Crippen molar-refractivity contribution in [2.75, 3.05) is 19.8 Å². The van der Waals surface area contributed by atoms with Crippen molar-refractivity contribution >= 4 is 5.91 Å². The van der Waals surface area contributed by atoms with Gasteiger partial charge < -0.3 is 9.64 Å². The Kier molecular flexibility index (Phi) is 5.92. The summed E-state index contributed by atoms with van der Waals surface area (Å²) in [5, 5.41) is 3.42. The third-order valence-corrected chi connectivity index (χ3v) is 3.24. The Morgan fingerprint density at radius 3 is 2.65 bits per heavy atom. The first-order chi connectivity index (χ1) is 8.11. The lowest BCUT2D eigenvalue weighted by Crippen LogP contribution is -2.37. The normalized spacial score (nSPS) is 25.0. The maximum absolute atomic E-state index is 12.2. The van der Waals surface area contributed by atoms with E-state index >= 15 is 0 Å². The molecule has 0 bridgehead atoms. The second-order valence-corrected chi connectivity index (χ2v) is 4.89. The van der Waals surface area contributed by atoms with Crippen molar-refractivity contribution in [3.8, 4) is 0 Å². The highest BCUT2D eigenvalue weighted by atomic mass is 16.5. The van der Waals surface area contributed by atoms with Crippen molar-refractivity contribution in [2.45, 2.75) is 52.7 Å². The van der Waals surface area contributed by atoms with Crippen LogP contribution in [0.25, 0.3) is 0 Å². The third kappa shape index (κ3) is 3.68. The lowest BCUT2D eigenvalue weighted by molar-refractivity contribution is -0.130. The van der Waals surface area contributed by atoms with E-state index in [2.05, 4.69) is 26.1 Å². The summed E-state index contributed by atoms with van der Waals surface area (Å²) in [7, 11) is 0. The fourth-order valence-electron chi connectivity index (χ4n) is 2.26. The van der Waals surface area contributed by atoms with Gasteiger partial charge in [0, 0.05) is 19.8 Å². The summed E-state index contributed by atoms with van der Waals surface area (Å²) in [5.41, 5.74) is 0. The smallest absolute Gasteiger partial charge is 0.241 e. The van der Waals surface area contributed by atoms with Gasteiger partial charge >= 0.3 is 0 Å². The first kappa shape index (κ1) is 14.5. The molecule has 1 heterocycles. The molecule has 100 valence electrons. The monoisotopic (exact) mass is 242 g/mol. The van der Waals surface area contributed by atoms with E-state index in [1.165, 1.54) is 0 Å². The summed E-state index contributed by atoms with van der Waals surface area (Å²) in [4.78, 5) is 14.2. The lowest BCUT2D eigenvalue weighted by Gasteiger charge is -2.22. The highest BCUT2D eigenvalue weighted by molar-refractivity contribution is 5.84. The molecule has 1 saturated heterocycles. The van der Waals surface area contributed by atoms with Crippen molar-refractivity contribution in [1.29, 1.82) is 0 Å². The second kappa shape index (κ2) is 6.97. The number of rotatable bonds is 7. The van der Waals surface area contributed by atoms with E-state index in [9.17, 15) is 4.79 Å². The Morgan fingerprint density at radius 2 is 2.12 bits per heavy atom. The summed E-state index contributed by atoms with van der Waals surface area (Å²) in [6.45, 7) is 10.6. The number of amides is 1. The molecular weight excluding hydrogens is 216 g/mol. The van der Waals surface area contributed by atoms with Gasteiger partial charge in [0.25, 0.3) is 0 Å². The quantitative estimate of drug-likeness (QED) is 0.690. The molecule has 0 aromatic carbocycles. The van der Waals surface area contributed by atoms with Crippen LogP contribution in [0.1, 0.15) is 40.5 Å². The van der Waals surface area contributed by atoms with Crippen molar-refractivity contribution < 1.29 is 9.53 Å².